The highest BCUT2D eigenvalue weighted by Crippen LogP contribution is 2.29. The number of carbonyl (C=O) groups excluding carboxylic acids is 2. The maximum atomic E-state index is 12.1. The van der Waals surface area contributed by atoms with Gasteiger partial charge in [0.1, 0.15) is 6.04 Å². The molecule has 0 heterocycles. The molecule has 1 atom stereocenters. The number of anilines is 1. The van der Waals surface area contributed by atoms with Crippen molar-refractivity contribution in [3.63, 3.8) is 0 Å². The van der Waals surface area contributed by atoms with Gasteiger partial charge in [0.2, 0.25) is 5.91 Å². The molecule has 2 amide bonds. The van der Waals surface area contributed by atoms with Crippen LogP contribution in [-0.2, 0) is 4.79 Å². The van der Waals surface area contributed by atoms with Crippen molar-refractivity contribution in [3.05, 3.63) is 27.7 Å². The van der Waals surface area contributed by atoms with Gasteiger partial charge in [0.15, 0.2) is 0 Å². The van der Waals surface area contributed by atoms with Crippen LogP contribution < -0.4 is 16.4 Å². The van der Waals surface area contributed by atoms with Gasteiger partial charge in [-0.05, 0) is 25.0 Å². The highest BCUT2D eigenvalue weighted by atomic mass is 35.5. The summed E-state index contributed by atoms with van der Waals surface area (Å²) in [6.07, 6.45) is 0. The highest BCUT2D eigenvalue weighted by molar-refractivity contribution is 6.43. The van der Waals surface area contributed by atoms with E-state index in [4.69, 9.17) is 28.9 Å². The zero-order valence-corrected chi connectivity index (χ0v) is 13.7. The largest absolute Gasteiger partial charge is 0.397 e. The van der Waals surface area contributed by atoms with Crippen LogP contribution in [0.25, 0.3) is 0 Å². The standard InChI is InChI=1S/C14H19Cl2N3O2/c1-7(2)6-18-13(20)8(3)19-14(21)9-4-10(15)12(16)11(17)5-9/h4-5,7-8H,6,17H2,1-3H3,(H,18,20)(H,19,21). The van der Waals surface area contributed by atoms with Crippen molar-refractivity contribution in [1.82, 2.24) is 10.6 Å². The predicted molar refractivity (Wildman–Crippen MR) is 85.7 cm³/mol. The summed E-state index contributed by atoms with van der Waals surface area (Å²) in [6.45, 7) is 6.14. The fourth-order valence-electron chi connectivity index (χ4n) is 1.54. The SMILES string of the molecule is CC(C)CNC(=O)C(C)NC(=O)c1cc(N)c(Cl)c(Cl)c1. The molecule has 116 valence electrons. The molecule has 1 unspecified atom stereocenters. The van der Waals surface area contributed by atoms with Gasteiger partial charge in [-0.2, -0.15) is 0 Å². The Kier molecular flexibility index (Phi) is 6.30. The third-order valence-electron chi connectivity index (χ3n) is 2.74. The summed E-state index contributed by atoms with van der Waals surface area (Å²) in [5.41, 5.74) is 6.12. The quantitative estimate of drug-likeness (QED) is 0.724. The molecule has 5 nitrogen and oxygen atoms in total. The van der Waals surface area contributed by atoms with Gasteiger partial charge < -0.3 is 16.4 Å². The van der Waals surface area contributed by atoms with Crippen molar-refractivity contribution in [2.45, 2.75) is 26.8 Å². The van der Waals surface area contributed by atoms with E-state index in [2.05, 4.69) is 10.6 Å². The Morgan fingerprint density at radius 2 is 1.86 bits per heavy atom. The van der Waals surface area contributed by atoms with Crippen molar-refractivity contribution in [2.75, 3.05) is 12.3 Å². The molecule has 4 N–H and O–H groups in total. The lowest BCUT2D eigenvalue weighted by Gasteiger charge is -2.15. The van der Waals surface area contributed by atoms with Crippen LogP contribution in [0.4, 0.5) is 5.69 Å². The van der Waals surface area contributed by atoms with E-state index < -0.39 is 11.9 Å². The number of amides is 2. The topological polar surface area (TPSA) is 84.2 Å². The van der Waals surface area contributed by atoms with E-state index in [1.807, 2.05) is 13.8 Å². The van der Waals surface area contributed by atoms with Crippen molar-refractivity contribution in [3.8, 4) is 0 Å². The summed E-state index contributed by atoms with van der Waals surface area (Å²) in [7, 11) is 0. The molecule has 1 rings (SSSR count). The summed E-state index contributed by atoms with van der Waals surface area (Å²) < 4.78 is 0. The molecule has 0 fully saturated rings. The Morgan fingerprint density at radius 1 is 1.24 bits per heavy atom. The fourth-order valence-corrected chi connectivity index (χ4v) is 1.88. The molecule has 0 saturated carbocycles. The molecule has 0 bridgehead atoms. The molecule has 7 heteroatoms. The van der Waals surface area contributed by atoms with Gasteiger partial charge in [-0.15, -0.1) is 0 Å². The fraction of sp³-hybridized carbons (Fsp3) is 0.429. The van der Waals surface area contributed by atoms with Crippen LogP contribution in [0.2, 0.25) is 10.0 Å². The monoisotopic (exact) mass is 331 g/mol. The van der Waals surface area contributed by atoms with Crippen LogP contribution >= 0.6 is 23.2 Å². The second-order valence-corrected chi connectivity index (χ2v) is 5.98. The zero-order valence-electron chi connectivity index (χ0n) is 12.2. The highest BCUT2D eigenvalue weighted by Gasteiger charge is 2.18. The lowest BCUT2D eigenvalue weighted by atomic mass is 10.1. The normalized spacial score (nSPS) is 12.1. The average molecular weight is 332 g/mol. The Morgan fingerprint density at radius 3 is 2.38 bits per heavy atom. The lowest BCUT2D eigenvalue weighted by molar-refractivity contribution is -0.122. The van der Waals surface area contributed by atoms with Gasteiger partial charge in [0.05, 0.1) is 15.7 Å². The maximum Gasteiger partial charge on any atom is 0.252 e. The van der Waals surface area contributed by atoms with Gasteiger partial charge in [-0.3, -0.25) is 9.59 Å². The summed E-state index contributed by atoms with van der Waals surface area (Å²) in [4.78, 5) is 23.9. The third-order valence-corrected chi connectivity index (χ3v) is 3.56. The average Bonchev–Trinajstić information content (AvgIpc) is 2.41. The van der Waals surface area contributed by atoms with E-state index in [0.29, 0.717) is 12.5 Å². The Labute approximate surface area is 134 Å². The maximum absolute atomic E-state index is 12.1. The van der Waals surface area contributed by atoms with E-state index in [1.54, 1.807) is 6.92 Å². The molecule has 0 aliphatic carbocycles. The van der Waals surface area contributed by atoms with Gasteiger partial charge in [-0.25, -0.2) is 0 Å². The first kappa shape index (κ1) is 17.6. The van der Waals surface area contributed by atoms with Gasteiger partial charge in [0.25, 0.3) is 5.91 Å². The van der Waals surface area contributed by atoms with Crippen LogP contribution in [0.3, 0.4) is 0 Å². The zero-order chi connectivity index (χ0) is 16.2. The molecule has 0 radical (unpaired) electrons. The first-order chi connectivity index (χ1) is 9.72. The molecule has 1 aromatic carbocycles. The number of nitrogens with one attached hydrogen (secondary N) is 2. The van der Waals surface area contributed by atoms with Crippen LogP contribution in [-0.4, -0.2) is 24.4 Å². The third kappa shape index (κ3) is 5.10. The molecular formula is C14H19Cl2N3O2. The smallest absolute Gasteiger partial charge is 0.252 e. The van der Waals surface area contributed by atoms with Crippen molar-refractivity contribution >= 4 is 40.7 Å². The molecule has 1 aromatic rings. The Hall–Kier alpha value is -1.46. The summed E-state index contributed by atoms with van der Waals surface area (Å²) in [6, 6.07) is 2.17. The number of carbonyl (C=O) groups is 2. The molecule has 0 aliphatic rings. The minimum Gasteiger partial charge on any atom is -0.397 e. The van der Waals surface area contributed by atoms with Gasteiger partial charge in [-0.1, -0.05) is 37.0 Å². The molecule has 0 spiro atoms. The molecule has 21 heavy (non-hydrogen) atoms. The van der Waals surface area contributed by atoms with Crippen LogP contribution in [0, 0.1) is 5.92 Å². The number of nitrogen functional groups attached to an aromatic ring is 1. The first-order valence-corrected chi connectivity index (χ1v) is 7.31. The van der Waals surface area contributed by atoms with E-state index in [1.165, 1.54) is 12.1 Å². The summed E-state index contributed by atoms with van der Waals surface area (Å²) in [5.74, 6) is -0.343. The number of rotatable bonds is 5. The Bertz CT molecular complexity index is 524. The second-order valence-electron chi connectivity index (χ2n) is 5.20. The van der Waals surface area contributed by atoms with E-state index in [9.17, 15) is 9.59 Å². The van der Waals surface area contributed by atoms with Crippen LogP contribution in [0.5, 0.6) is 0 Å². The minimum absolute atomic E-state index is 0.193. The van der Waals surface area contributed by atoms with E-state index >= 15 is 0 Å². The molecular weight excluding hydrogens is 313 g/mol. The van der Waals surface area contributed by atoms with Crippen molar-refractivity contribution in [2.24, 2.45) is 5.92 Å². The summed E-state index contributed by atoms with van der Waals surface area (Å²) in [5, 5.41) is 5.73. The second kappa shape index (κ2) is 7.52. The van der Waals surface area contributed by atoms with Crippen LogP contribution in [0.15, 0.2) is 12.1 Å². The number of hydrogen-bond donors (Lipinski definition) is 3. The molecule has 0 aromatic heterocycles. The number of hydrogen-bond acceptors (Lipinski definition) is 3. The Balaban J connectivity index is 2.70. The van der Waals surface area contributed by atoms with E-state index in [-0.39, 0.29) is 27.2 Å². The lowest BCUT2D eigenvalue weighted by Crippen LogP contribution is -2.45. The van der Waals surface area contributed by atoms with Crippen molar-refractivity contribution in [1.29, 1.82) is 0 Å². The number of halogens is 2. The van der Waals surface area contributed by atoms with Crippen LogP contribution in [0.1, 0.15) is 31.1 Å². The first-order valence-electron chi connectivity index (χ1n) is 6.55. The molecule has 0 aliphatic heterocycles. The minimum atomic E-state index is -0.660. The molecule has 0 saturated heterocycles. The summed E-state index contributed by atoms with van der Waals surface area (Å²) >= 11 is 11.7. The van der Waals surface area contributed by atoms with Crippen molar-refractivity contribution < 1.29 is 9.59 Å². The number of nitrogens with two attached hydrogens (primary N) is 1. The van der Waals surface area contributed by atoms with Gasteiger partial charge >= 0.3 is 0 Å². The predicted octanol–water partition coefficient (Wildman–Crippen LogP) is 2.47. The van der Waals surface area contributed by atoms with E-state index in [0.717, 1.165) is 0 Å². The number of benzene rings is 1. The van der Waals surface area contributed by atoms with Gasteiger partial charge in [0, 0.05) is 12.1 Å².